The average molecular weight is 514 g/mol. The number of nitrogens with zero attached hydrogens (tertiary/aromatic N) is 2. The van der Waals surface area contributed by atoms with Gasteiger partial charge >= 0.3 is 0 Å². The maximum absolute atomic E-state index is 13.6. The molecule has 8 nitrogen and oxygen atoms in total. The number of furan rings is 1. The minimum atomic E-state index is -0.502. The second-order valence-electron chi connectivity index (χ2n) is 7.60. The van der Waals surface area contributed by atoms with Crippen LogP contribution in [0.2, 0.25) is 5.02 Å². The second kappa shape index (κ2) is 10.9. The van der Waals surface area contributed by atoms with Gasteiger partial charge in [-0.3, -0.25) is 14.2 Å². The quantitative estimate of drug-likeness (QED) is 0.242. The second-order valence-corrected chi connectivity index (χ2v) is 9.21. The maximum atomic E-state index is 13.6. The lowest BCUT2D eigenvalue weighted by Gasteiger charge is -2.18. The topological polar surface area (TPSA) is 95.6 Å². The standard InChI is InChI=1S/C25H24ClN3O5S/c1-4-22(23(30)27-16-9-7-15(26)8-10-16)35-25-28-19-13-21(33-3)20(32-2)12-18(19)24(31)29(25)14-17-6-5-11-34-17/h5-13,22H,4,14H2,1-3H3,(H,27,30). The van der Waals surface area contributed by atoms with Gasteiger partial charge < -0.3 is 19.2 Å². The molecule has 0 fully saturated rings. The number of anilines is 1. The zero-order chi connectivity index (χ0) is 24.9. The van der Waals surface area contributed by atoms with E-state index in [1.165, 1.54) is 30.5 Å². The number of thioether (sulfide) groups is 1. The number of carbonyl (C=O) groups is 1. The summed E-state index contributed by atoms with van der Waals surface area (Å²) in [5, 5.41) is 3.75. The molecule has 0 saturated heterocycles. The lowest BCUT2D eigenvalue weighted by Crippen LogP contribution is -2.28. The molecule has 2 aromatic carbocycles. The number of aromatic nitrogens is 2. The fourth-order valence-electron chi connectivity index (χ4n) is 3.52. The van der Waals surface area contributed by atoms with E-state index < -0.39 is 5.25 Å². The molecule has 35 heavy (non-hydrogen) atoms. The van der Waals surface area contributed by atoms with Gasteiger partial charge in [-0.2, -0.15) is 0 Å². The third-order valence-corrected chi connectivity index (χ3v) is 6.95. The van der Waals surface area contributed by atoms with Gasteiger partial charge in [0.05, 0.1) is 43.2 Å². The first kappa shape index (κ1) is 24.7. The number of carbonyl (C=O) groups excluding carboxylic acids is 1. The van der Waals surface area contributed by atoms with Crippen LogP contribution in [0.15, 0.2) is 69.2 Å². The molecule has 1 amide bonds. The molecule has 0 aliphatic rings. The molecule has 0 aliphatic carbocycles. The summed E-state index contributed by atoms with van der Waals surface area (Å²) in [6.07, 6.45) is 2.06. The molecule has 2 heterocycles. The van der Waals surface area contributed by atoms with E-state index in [2.05, 4.69) is 5.32 Å². The molecule has 0 bridgehead atoms. The number of methoxy groups -OCH3 is 2. The first-order valence-electron chi connectivity index (χ1n) is 10.9. The SMILES string of the molecule is CCC(Sc1nc2cc(OC)c(OC)cc2c(=O)n1Cc1ccco1)C(=O)Nc1ccc(Cl)cc1. The molecule has 1 unspecified atom stereocenters. The maximum Gasteiger partial charge on any atom is 0.262 e. The Kier molecular flexibility index (Phi) is 7.67. The highest BCUT2D eigenvalue weighted by molar-refractivity contribution is 8.00. The largest absolute Gasteiger partial charge is 0.493 e. The number of rotatable bonds is 9. The average Bonchev–Trinajstić information content (AvgIpc) is 3.38. The molecule has 1 atom stereocenters. The number of hydrogen-bond donors (Lipinski definition) is 1. The summed E-state index contributed by atoms with van der Waals surface area (Å²) < 4.78 is 17.7. The van der Waals surface area contributed by atoms with Gasteiger partial charge in [0.1, 0.15) is 5.76 Å². The third kappa shape index (κ3) is 5.47. The van der Waals surface area contributed by atoms with Crippen LogP contribution in [0.3, 0.4) is 0 Å². The number of amides is 1. The minimum absolute atomic E-state index is 0.167. The van der Waals surface area contributed by atoms with Crippen molar-refractivity contribution in [2.75, 3.05) is 19.5 Å². The first-order chi connectivity index (χ1) is 16.9. The van der Waals surface area contributed by atoms with Crippen LogP contribution in [0.5, 0.6) is 11.5 Å². The Balaban J connectivity index is 1.75. The number of nitrogens with one attached hydrogen (secondary N) is 1. The van der Waals surface area contributed by atoms with Crippen molar-refractivity contribution < 1.29 is 18.7 Å². The van der Waals surface area contributed by atoms with Crippen LogP contribution in [0.1, 0.15) is 19.1 Å². The summed E-state index contributed by atoms with van der Waals surface area (Å²) in [7, 11) is 3.03. The molecule has 0 spiro atoms. The number of halogens is 1. The number of hydrogen-bond acceptors (Lipinski definition) is 7. The monoisotopic (exact) mass is 513 g/mol. The van der Waals surface area contributed by atoms with Gasteiger partial charge in [-0.15, -0.1) is 0 Å². The van der Waals surface area contributed by atoms with Crippen LogP contribution >= 0.6 is 23.4 Å². The van der Waals surface area contributed by atoms with Crippen molar-refractivity contribution in [3.05, 3.63) is 75.9 Å². The van der Waals surface area contributed by atoms with Crippen molar-refractivity contribution in [2.24, 2.45) is 0 Å². The molecular weight excluding hydrogens is 490 g/mol. The highest BCUT2D eigenvalue weighted by Gasteiger charge is 2.23. The smallest absolute Gasteiger partial charge is 0.262 e. The molecule has 2 aromatic heterocycles. The van der Waals surface area contributed by atoms with Crippen molar-refractivity contribution in [1.82, 2.24) is 9.55 Å². The molecule has 182 valence electrons. The van der Waals surface area contributed by atoms with E-state index in [0.717, 1.165) is 0 Å². The molecule has 4 rings (SSSR count). The molecule has 0 aliphatic heterocycles. The molecule has 4 aromatic rings. The van der Waals surface area contributed by atoms with Crippen LogP contribution < -0.4 is 20.3 Å². The van der Waals surface area contributed by atoms with Crippen molar-refractivity contribution in [2.45, 2.75) is 30.3 Å². The Bertz CT molecular complexity index is 1390. The van der Waals surface area contributed by atoms with Crippen LogP contribution in [0.4, 0.5) is 5.69 Å². The van der Waals surface area contributed by atoms with Crippen molar-refractivity contribution in [3.63, 3.8) is 0 Å². The van der Waals surface area contributed by atoms with E-state index in [4.69, 9.17) is 30.5 Å². The fraction of sp³-hybridized carbons (Fsp3) is 0.240. The van der Waals surface area contributed by atoms with E-state index >= 15 is 0 Å². The Morgan fingerprint density at radius 2 is 1.89 bits per heavy atom. The van der Waals surface area contributed by atoms with Crippen LogP contribution in [-0.4, -0.2) is 34.9 Å². The summed E-state index contributed by atoms with van der Waals surface area (Å²) in [5.41, 5.74) is 0.802. The van der Waals surface area contributed by atoms with Gasteiger partial charge in [-0.1, -0.05) is 30.3 Å². The minimum Gasteiger partial charge on any atom is -0.493 e. The highest BCUT2D eigenvalue weighted by Crippen LogP contribution is 2.32. The number of ether oxygens (including phenoxy) is 2. The van der Waals surface area contributed by atoms with E-state index in [0.29, 0.717) is 50.4 Å². The van der Waals surface area contributed by atoms with Gasteiger partial charge in [0.2, 0.25) is 5.91 Å². The molecule has 10 heteroatoms. The Morgan fingerprint density at radius 1 is 1.17 bits per heavy atom. The normalized spacial score (nSPS) is 11.9. The Hall–Kier alpha value is -3.43. The van der Waals surface area contributed by atoms with Gasteiger partial charge in [0.25, 0.3) is 5.56 Å². The molecule has 0 radical (unpaired) electrons. The predicted molar refractivity (Wildman–Crippen MR) is 137 cm³/mol. The summed E-state index contributed by atoms with van der Waals surface area (Å²) in [6.45, 7) is 2.07. The van der Waals surface area contributed by atoms with E-state index in [1.807, 2.05) is 6.92 Å². The number of fused-ring (bicyclic) bond motifs is 1. The lowest BCUT2D eigenvalue weighted by molar-refractivity contribution is -0.115. The first-order valence-corrected chi connectivity index (χ1v) is 12.1. The van der Waals surface area contributed by atoms with Crippen molar-refractivity contribution >= 4 is 45.9 Å². The van der Waals surface area contributed by atoms with Gasteiger partial charge in [0, 0.05) is 16.8 Å². The van der Waals surface area contributed by atoms with Gasteiger partial charge in [-0.25, -0.2) is 4.98 Å². The predicted octanol–water partition coefficient (Wildman–Crippen LogP) is 5.22. The van der Waals surface area contributed by atoms with Crippen molar-refractivity contribution in [3.8, 4) is 11.5 Å². The third-order valence-electron chi connectivity index (χ3n) is 5.34. The lowest BCUT2D eigenvalue weighted by atomic mass is 10.2. The zero-order valence-electron chi connectivity index (χ0n) is 19.4. The van der Waals surface area contributed by atoms with Crippen LogP contribution in [-0.2, 0) is 11.3 Å². The van der Waals surface area contributed by atoms with Gasteiger partial charge in [0.15, 0.2) is 16.7 Å². The summed E-state index contributed by atoms with van der Waals surface area (Å²) in [6, 6.07) is 13.7. The Labute approximate surface area is 211 Å². The highest BCUT2D eigenvalue weighted by atomic mass is 35.5. The molecular formula is C25H24ClN3O5S. The number of benzene rings is 2. The van der Waals surface area contributed by atoms with E-state index in [1.54, 1.807) is 54.8 Å². The van der Waals surface area contributed by atoms with E-state index in [-0.39, 0.29) is 18.0 Å². The summed E-state index contributed by atoms with van der Waals surface area (Å²) in [4.78, 5) is 31.4. The van der Waals surface area contributed by atoms with Gasteiger partial charge in [-0.05, 0) is 48.9 Å². The molecule has 1 N–H and O–H groups in total. The summed E-state index contributed by atoms with van der Waals surface area (Å²) >= 11 is 7.16. The summed E-state index contributed by atoms with van der Waals surface area (Å²) in [5.74, 6) is 1.28. The molecule has 0 saturated carbocycles. The fourth-order valence-corrected chi connectivity index (χ4v) is 4.66. The van der Waals surface area contributed by atoms with Crippen molar-refractivity contribution in [1.29, 1.82) is 0 Å². The van der Waals surface area contributed by atoms with Crippen LogP contribution in [0, 0.1) is 0 Å². The Morgan fingerprint density at radius 3 is 2.51 bits per heavy atom. The van der Waals surface area contributed by atoms with Crippen LogP contribution in [0.25, 0.3) is 10.9 Å². The zero-order valence-corrected chi connectivity index (χ0v) is 21.0. The van der Waals surface area contributed by atoms with E-state index in [9.17, 15) is 9.59 Å².